The molecule has 0 saturated carbocycles. The number of rotatable bonds is 0. The van der Waals surface area contributed by atoms with E-state index >= 15 is 0 Å². The van der Waals surface area contributed by atoms with E-state index in [-0.39, 0.29) is 19.5 Å². The van der Waals surface area contributed by atoms with Crippen molar-refractivity contribution < 1.29 is 19.5 Å². The van der Waals surface area contributed by atoms with Crippen LogP contribution in [0.3, 0.4) is 0 Å². The Morgan fingerprint density at radius 3 is 1.31 bits per heavy atom. The van der Waals surface area contributed by atoms with E-state index in [0.29, 0.717) is 0 Å². The first-order valence-electron chi connectivity index (χ1n) is 5.71. The summed E-state index contributed by atoms with van der Waals surface area (Å²) in [7, 11) is 0. The molecule has 1 aliphatic carbocycles. The van der Waals surface area contributed by atoms with Gasteiger partial charge in [0.05, 0.1) is 0 Å². The fourth-order valence-corrected chi connectivity index (χ4v) is 1.39. The van der Waals surface area contributed by atoms with Gasteiger partial charge in [-0.25, -0.2) is 0 Å². The average Bonchev–Trinajstić information content (AvgIpc) is 2.18. The van der Waals surface area contributed by atoms with Gasteiger partial charge in [0.2, 0.25) is 0 Å². The third-order valence-corrected chi connectivity index (χ3v) is 2.27. The minimum atomic E-state index is 0. The van der Waals surface area contributed by atoms with Gasteiger partial charge in [0.25, 0.3) is 0 Å². The second kappa shape index (κ2) is 10.8. The normalized spacial score (nSPS) is 15.8. The van der Waals surface area contributed by atoms with Crippen molar-refractivity contribution in [1.29, 1.82) is 0 Å². The summed E-state index contributed by atoms with van der Waals surface area (Å²) in [5, 5.41) is 0. The van der Waals surface area contributed by atoms with E-state index < -0.39 is 0 Å². The fourth-order valence-electron chi connectivity index (χ4n) is 1.39. The Morgan fingerprint density at radius 2 is 1.06 bits per heavy atom. The molecule has 0 aromatic heterocycles. The summed E-state index contributed by atoms with van der Waals surface area (Å²) in [4.78, 5) is 0. The van der Waals surface area contributed by atoms with Gasteiger partial charge in [0, 0.05) is 19.5 Å². The van der Waals surface area contributed by atoms with Crippen LogP contribution < -0.4 is 0 Å². The molecule has 1 heteroatoms. The fraction of sp³-hybridized carbons (Fsp3) is 0.333. The summed E-state index contributed by atoms with van der Waals surface area (Å²) in [6.45, 7) is 2.08. The molecule has 2 rings (SSSR count). The number of hydrogen-bond donors (Lipinski definition) is 0. The van der Waals surface area contributed by atoms with Crippen LogP contribution in [0.5, 0.6) is 0 Å². The van der Waals surface area contributed by atoms with E-state index in [0.717, 1.165) is 0 Å². The molecule has 0 bridgehead atoms. The summed E-state index contributed by atoms with van der Waals surface area (Å²) in [5.74, 6) is 0. The quantitative estimate of drug-likeness (QED) is 0.483. The summed E-state index contributed by atoms with van der Waals surface area (Å²) in [6, 6.07) is 10.3. The van der Waals surface area contributed by atoms with Crippen LogP contribution in [-0.2, 0) is 19.5 Å². The predicted octanol–water partition coefficient (Wildman–Crippen LogP) is 4.67. The van der Waals surface area contributed by atoms with Crippen LogP contribution in [0.4, 0.5) is 0 Å². The summed E-state index contributed by atoms with van der Waals surface area (Å²) in [6.07, 6.45) is 14.0. The van der Waals surface area contributed by atoms with E-state index in [4.69, 9.17) is 0 Å². The number of benzene rings is 1. The van der Waals surface area contributed by atoms with Gasteiger partial charge in [-0.3, -0.25) is 0 Å². The van der Waals surface area contributed by atoms with E-state index in [2.05, 4.69) is 43.4 Å². The standard InChI is InChI=1S/C8H12.C7H8.Ru/c1-2-4-6-8-7-5-3-1;1-7-5-3-2-4-6-7;/h1-2,7-8H,3-6H2;2-6H,1H3;/b2-1-,8-7?;;. The molecule has 0 spiro atoms. The number of allylic oxidation sites excluding steroid dienone is 4. The molecule has 0 saturated heterocycles. The van der Waals surface area contributed by atoms with Gasteiger partial charge in [0.1, 0.15) is 0 Å². The second-order valence-corrected chi connectivity index (χ2v) is 3.75. The Bertz CT molecular complexity index is 272. The average molecular weight is 301 g/mol. The summed E-state index contributed by atoms with van der Waals surface area (Å²) >= 11 is 0. The molecule has 1 aromatic carbocycles. The SMILES string of the molecule is C1=CCC/C=C\CC1.Cc1ccccc1.[Ru]. The van der Waals surface area contributed by atoms with Crippen molar-refractivity contribution in [2.75, 3.05) is 0 Å². The van der Waals surface area contributed by atoms with Gasteiger partial charge in [-0.05, 0) is 32.6 Å². The molecule has 0 aliphatic heterocycles. The Kier molecular flexibility index (Phi) is 10.4. The Morgan fingerprint density at radius 1 is 0.688 bits per heavy atom. The third-order valence-electron chi connectivity index (χ3n) is 2.27. The second-order valence-electron chi connectivity index (χ2n) is 3.75. The van der Waals surface area contributed by atoms with Crippen molar-refractivity contribution in [1.82, 2.24) is 0 Å². The van der Waals surface area contributed by atoms with Crippen LogP contribution in [0.25, 0.3) is 0 Å². The molecule has 16 heavy (non-hydrogen) atoms. The van der Waals surface area contributed by atoms with Crippen molar-refractivity contribution in [3.8, 4) is 0 Å². The molecule has 0 nitrogen and oxygen atoms in total. The minimum absolute atomic E-state index is 0. The Labute approximate surface area is 112 Å². The number of aryl methyl sites for hydroxylation is 1. The molecule has 0 radical (unpaired) electrons. The first-order valence-corrected chi connectivity index (χ1v) is 5.71. The first kappa shape index (κ1) is 15.3. The van der Waals surface area contributed by atoms with Crippen molar-refractivity contribution in [3.05, 3.63) is 60.2 Å². The molecule has 1 aliphatic rings. The maximum atomic E-state index is 2.27. The van der Waals surface area contributed by atoms with Gasteiger partial charge in [-0.2, -0.15) is 0 Å². The molecule has 88 valence electrons. The maximum Gasteiger partial charge on any atom is 0 e. The Balaban J connectivity index is 0.000000267. The monoisotopic (exact) mass is 302 g/mol. The van der Waals surface area contributed by atoms with Gasteiger partial charge in [-0.15, -0.1) is 0 Å². The van der Waals surface area contributed by atoms with E-state index in [1.54, 1.807) is 0 Å². The largest absolute Gasteiger partial charge is 0.0882 e. The van der Waals surface area contributed by atoms with Crippen molar-refractivity contribution in [2.45, 2.75) is 32.6 Å². The molecule has 0 unspecified atom stereocenters. The van der Waals surface area contributed by atoms with Gasteiger partial charge >= 0.3 is 0 Å². The third kappa shape index (κ3) is 8.62. The van der Waals surface area contributed by atoms with Crippen LogP contribution in [0.1, 0.15) is 31.2 Å². The van der Waals surface area contributed by atoms with Gasteiger partial charge < -0.3 is 0 Å². The van der Waals surface area contributed by atoms with Gasteiger partial charge in [0.15, 0.2) is 0 Å². The zero-order valence-electron chi connectivity index (χ0n) is 9.88. The summed E-state index contributed by atoms with van der Waals surface area (Å²) < 4.78 is 0. The van der Waals surface area contributed by atoms with E-state index in [1.807, 2.05) is 18.2 Å². The maximum absolute atomic E-state index is 2.27. The number of hydrogen-bond acceptors (Lipinski definition) is 0. The molecule has 0 N–H and O–H groups in total. The molecule has 0 amide bonds. The molecule has 1 aromatic rings. The zero-order chi connectivity index (χ0) is 10.8. The molecule has 0 fully saturated rings. The Hall–Kier alpha value is -0.677. The van der Waals surface area contributed by atoms with Gasteiger partial charge in [-0.1, -0.05) is 60.2 Å². The smallest absolute Gasteiger partial charge is 0 e. The molecule has 0 heterocycles. The minimum Gasteiger partial charge on any atom is -0.0882 e. The van der Waals surface area contributed by atoms with Crippen LogP contribution in [-0.4, -0.2) is 0 Å². The molecular formula is C15H20Ru. The zero-order valence-corrected chi connectivity index (χ0v) is 11.6. The topological polar surface area (TPSA) is 0 Å². The van der Waals surface area contributed by atoms with Crippen LogP contribution in [0.2, 0.25) is 0 Å². The summed E-state index contributed by atoms with van der Waals surface area (Å²) in [5.41, 5.74) is 1.32. The van der Waals surface area contributed by atoms with E-state index in [9.17, 15) is 0 Å². The van der Waals surface area contributed by atoms with Crippen molar-refractivity contribution >= 4 is 0 Å². The molecular weight excluding hydrogens is 281 g/mol. The van der Waals surface area contributed by atoms with Crippen LogP contribution in [0, 0.1) is 6.92 Å². The molecule has 0 atom stereocenters. The van der Waals surface area contributed by atoms with Crippen molar-refractivity contribution in [3.63, 3.8) is 0 Å². The predicted molar refractivity (Wildman–Crippen MR) is 67.9 cm³/mol. The van der Waals surface area contributed by atoms with E-state index in [1.165, 1.54) is 31.2 Å². The first-order chi connectivity index (χ1) is 7.39. The van der Waals surface area contributed by atoms with Crippen LogP contribution >= 0.6 is 0 Å². The van der Waals surface area contributed by atoms with Crippen molar-refractivity contribution in [2.24, 2.45) is 0 Å². The van der Waals surface area contributed by atoms with Crippen LogP contribution in [0.15, 0.2) is 54.6 Å².